The number of benzene rings is 2. The molecule has 2 aromatic heterocycles. The highest BCUT2D eigenvalue weighted by Gasteiger charge is 2.15. The number of anilines is 1. The molecule has 0 aliphatic heterocycles. The molecule has 140 valence electrons. The molecule has 0 radical (unpaired) electrons. The van der Waals surface area contributed by atoms with Gasteiger partial charge < -0.3 is 11.1 Å². The average Bonchev–Trinajstić information content (AvgIpc) is 3.18. The van der Waals surface area contributed by atoms with Crippen LogP contribution < -0.4 is 11.1 Å². The van der Waals surface area contributed by atoms with E-state index in [1.807, 2.05) is 13.0 Å². The molecular formula is C21H18FN5O. The number of halogens is 1. The lowest BCUT2D eigenvalue weighted by Crippen LogP contribution is -2.14. The fraction of sp³-hybridized carbons (Fsp3) is 0.0952. The van der Waals surface area contributed by atoms with E-state index in [0.29, 0.717) is 16.9 Å². The highest BCUT2D eigenvalue weighted by atomic mass is 19.1. The van der Waals surface area contributed by atoms with Gasteiger partial charge in [0, 0.05) is 17.8 Å². The Morgan fingerprint density at radius 3 is 2.71 bits per heavy atom. The van der Waals surface area contributed by atoms with E-state index in [9.17, 15) is 9.18 Å². The van der Waals surface area contributed by atoms with Crippen LogP contribution in [0.25, 0.3) is 22.2 Å². The lowest BCUT2D eigenvalue weighted by molar-refractivity contribution is 0.102. The van der Waals surface area contributed by atoms with Gasteiger partial charge in [0.15, 0.2) is 5.65 Å². The first-order chi connectivity index (χ1) is 13.5. The van der Waals surface area contributed by atoms with Crippen LogP contribution in [-0.2, 0) is 0 Å². The number of H-pyrrole nitrogens is 1. The third-order valence-electron chi connectivity index (χ3n) is 4.56. The van der Waals surface area contributed by atoms with E-state index >= 15 is 0 Å². The van der Waals surface area contributed by atoms with Crippen molar-refractivity contribution in [3.8, 4) is 11.1 Å². The Hall–Kier alpha value is -3.58. The fourth-order valence-corrected chi connectivity index (χ4v) is 3.13. The molecule has 1 atom stereocenters. The first-order valence-corrected chi connectivity index (χ1v) is 8.78. The number of nitrogens with zero attached hydrogens (tertiary/aromatic N) is 2. The predicted octanol–water partition coefficient (Wildman–Crippen LogP) is 4.04. The van der Waals surface area contributed by atoms with E-state index in [4.69, 9.17) is 5.73 Å². The van der Waals surface area contributed by atoms with Crippen LogP contribution in [-0.4, -0.2) is 21.1 Å². The molecule has 4 aromatic rings. The summed E-state index contributed by atoms with van der Waals surface area (Å²) in [4.78, 5) is 17.0. The molecule has 0 saturated carbocycles. The SMILES string of the molecule is CC(N)c1ccc(C(=O)Nc2ccnc3[nH]ncc23)cc1-c1ccc(F)cc1. The van der Waals surface area contributed by atoms with E-state index in [2.05, 4.69) is 20.5 Å². The summed E-state index contributed by atoms with van der Waals surface area (Å²) in [7, 11) is 0. The van der Waals surface area contributed by atoms with Gasteiger partial charge in [0.05, 0.1) is 17.3 Å². The van der Waals surface area contributed by atoms with Crippen LogP contribution in [0.5, 0.6) is 0 Å². The number of fused-ring (bicyclic) bond motifs is 1. The van der Waals surface area contributed by atoms with Crippen molar-refractivity contribution >= 4 is 22.6 Å². The predicted molar refractivity (Wildman–Crippen MR) is 106 cm³/mol. The molecule has 2 aromatic carbocycles. The molecule has 0 bridgehead atoms. The van der Waals surface area contributed by atoms with Crippen molar-refractivity contribution in [1.82, 2.24) is 15.2 Å². The summed E-state index contributed by atoms with van der Waals surface area (Å²) in [5, 5.41) is 10.3. The molecule has 0 aliphatic carbocycles. The van der Waals surface area contributed by atoms with Crippen LogP contribution in [0.2, 0.25) is 0 Å². The molecular weight excluding hydrogens is 357 g/mol. The highest BCUT2D eigenvalue weighted by molar-refractivity contribution is 6.08. The van der Waals surface area contributed by atoms with Crippen LogP contribution in [0.1, 0.15) is 28.9 Å². The van der Waals surface area contributed by atoms with Crippen LogP contribution >= 0.6 is 0 Å². The number of aromatic nitrogens is 3. The molecule has 6 nitrogen and oxygen atoms in total. The number of carbonyl (C=O) groups excluding carboxylic acids is 1. The van der Waals surface area contributed by atoms with Crippen molar-refractivity contribution in [3.05, 3.63) is 77.9 Å². The third-order valence-corrected chi connectivity index (χ3v) is 4.56. The standard InChI is InChI=1S/C21H18FN5O/c1-12(23)16-7-4-14(10-17(16)13-2-5-15(22)6-3-13)21(28)26-19-8-9-24-20-18(19)11-25-27-20/h2-12H,23H2,1H3,(H2,24,25,26,27,28). The minimum atomic E-state index is -0.318. The summed E-state index contributed by atoms with van der Waals surface area (Å²) in [6.45, 7) is 1.87. The highest BCUT2D eigenvalue weighted by Crippen LogP contribution is 2.29. The summed E-state index contributed by atoms with van der Waals surface area (Å²) in [6.07, 6.45) is 3.21. The van der Waals surface area contributed by atoms with Crippen LogP contribution in [0.4, 0.5) is 10.1 Å². The van der Waals surface area contributed by atoms with Crippen LogP contribution in [0.3, 0.4) is 0 Å². The number of nitrogens with one attached hydrogen (secondary N) is 2. The summed E-state index contributed by atoms with van der Waals surface area (Å²) in [5.41, 5.74) is 10.2. The zero-order chi connectivity index (χ0) is 19.7. The van der Waals surface area contributed by atoms with Crippen molar-refractivity contribution < 1.29 is 9.18 Å². The normalized spacial score (nSPS) is 12.1. The van der Waals surface area contributed by atoms with Gasteiger partial charge in [-0.3, -0.25) is 9.89 Å². The molecule has 0 spiro atoms. The van der Waals surface area contributed by atoms with Crippen molar-refractivity contribution in [2.24, 2.45) is 5.73 Å². The van der Waals surface area contributed by atoms with E-state index < -0.39 is 0 Å². The number of rotatable bonds is 4. The lowest BCUT2D eigenvalue weighted by Gasteiger charge is -2.15. The summed E-state index contributed by atoms with van der Waals surface area (Å²) < 4.78 is 13.3. The second kappa shape index (κ2) is 7.21. The number of hydrogen-bond acceptors (Lipinski definition) is 4. The number of hydrogen-bond donors (Lipinski definition) is 3. The van der Waals surface area contributed by atoms with Gasteiger partial charge in [-0.25, -0.2) is 9.37 Å². The molecule has 0 saturated heterocycles. The van der Waals surface area contributed by atoms with Crippen molar-refractivity contribution in [2.75, 3.05) is 5.32 Å². The number of amides is 1. The number of pyridine rings is 1. The van der Waals surface area contributed by atoms with Gasteiger partial charge in [-0.15, -0.1) is 0 Å². The van der Waals surface area contributed by atoms with Crippen LogP contribution in [0.15, 0.2) is 60.9 Å². The number of carbonyl (C=O) groups is 1. The largest absolute Gasteiger partial charge is 0.324 e. The van der Waals surface area contributed by atoms with Gasteiger partial charge in [0.2, 0.25) is 0 Å². The first kappa shape index (κ1) is 17.8. The maximum absolute atomic E-state index is 13.3. The summed E-state index contributed by atoms with van der Waals surface area (Å²) in [6, 6.07) is 12.9. The Morgan fingerprint density at radius 2 is 1.96 bits per heavy atom. The van der Waals surface area contributed by atoms with E-state index in [-0.39, 0.29) is 17.8 Å². The number of aromatic amines is 1. The third kappa shape index (κ3) is 3.35. The minimum Gasteiger partial charge on any atom is -0.324 e. The Labute approximate surface area is 160 Å². The Balaban J connectivity index is 1.71. The second-order valence-corrected chi connectivity index (χ2v) is 6.54. The van der Waals surface area contributed by atoms with Gasteiger partial charge in [0.25, 0.3) is 5.91 Å². The zero-order valence-electron chi connectivity index (χ0n) is 15.1. The van der Waals surface area contributed by atoms with E-state index in [0.717, 1.165) is 22.1 Å². The number of nitrogens with two attached hydrogens (primary N) is 1. The Bertz CT molecular complexity index is 1150. The summed E-state index contributed by atoms with van der Waals surface area (Å²) in [5.74, 6) is -0.588. The molecule has 0 aliphatic rings. The molecule has 1 amide bonds. The zero-order valence-corrected chi connectivity index (χ0v) is 15.1. The van der Waals surface area contributed by atoms with Crippen LogP contribution in [0, 0.1) is 5.82 Å². The van der Waals surface area contributed by atoms with Gasteiger partial charge >= 0.3 is 0 Å². The van der Waals surface area contributed by atoms with Gasteiger partial charge in [-0.05, 0) is 53.9 Å². The average molecular weight is 375 g/mol. The maximum Gasteiger partial charge on any atom is 0.255 e. The first-order valence-electron chi connectivity index (χ1n) is 8.78. The maximum atomic E-state index is 13.3. The van der Waals surface area contributed by atoms with Gasteiger partial charge in [0.1, 0.15) is 5.82 Å². The molecule has 2 heterocycles. The van der Waals surface area contributed by atoms with Gasteiger partial charge in [-0.1, -0.05) is 18.2 Å². The monoisotopic (exact) mass is 375 g/mol. The fourth-order valence-electron chi connectivity index (χ4n) is 3.13. The van der Waals surface area contributed by atoms with Crippen molar-refractivity contribution in [1.29, 1.82) is 0 Å². The molecule has 7 heteroatoms. The molecule has 4 N–H and O–H groups in total. The minimum absolute atomic E-state index is 0.233. The van der Waals surface area contributed by atoms with E-state index in [1.165, 1.54) is 12.1 Å². The molecule has 0 fully saturated rings. The van der Waals surface area contributed by atoms with Crippen molar-refractivity contribution in [3.63, 3.8) is 0 Å². The molecule has 1 unspecified atom stereocenters. The second-order valence-electron chi connectivity index (χ2n) is 6.54. The summed E-state index contributed by atoms with van der Waals surface area (Å²) >= 11 is 0. The lowest BCUT2D eigenvalue weighted by atomic mass is 9.93. The molecule has 28 heavy (non-hydrogen) atoms. The quantitative estimate of drug-likeness (QED) is 0.502. The van der Waals surface area contributed by atoms with Crippen molar-refractivity contribution in [2.45, 2.75) is 13.0 Å². The van der Waals surface area contributed by atoms with E-state index in [1.54, 1.807) is 42.7 Å². The Kier molecular flexibility index (Phi) is 4.58. The van der Waals surface area contributed by atoms with Gasteiger partial charge in [-0.2, -0.15) is 5.10 Å². The Morgan fingerprint density at radius 1 is 1.18 bits per heavy atom. The topological polar surface area (TPSA) is 96.7 Å². The smallest absolute Gasteiger partial charge is 0.255 e. The molecule has 4 rings (SSSR count).